The van der Waals surface area contributed by atoms with Gasteiger partial charge in [-0.15, -0.1) is 0 Å². The minimum absolute atomic E-state index is 0.0132. The van der Waals surface area contributed by atoms with Gasteiger partial charge in [-0.1, -0.05) is 11.6 Å². The van der Waals surface area contributed by atoms with Crippen LogP contribution in [0, 0.1) is 30.9 Å². The second kappa shape index (κ2) is 27.9. The monoisotopic (exact) mass is 1190 g/mol. The number of carbonyl (C=O) groups excluding carboxylic acids is 6. The van der Waals surface area contributed by atoms with Crippen molar-refractivity contribution in [3.05, 3.63) is 130 Å². The van der Waals surface area contributed by atoms with Crippen LogP contribution in [0.15, 0.2) is 74.9 Å². The SMILES string of the molecule is CS(=O)(=O)c1cc(C=O)cc(O)c1O.Cc1cc(C=O)c(Br)c(O)c1O.Cc1cc(C=O)c(Cl)c(O)c1O.Cc1cc(C=O)cc(O)c1O.O=Cc1cc(O)c(O)c(S(=O)(=O)O)c1.O=Cc1ccc(O)c(O)c1[N+](=O)[O-]. The molecule has 13 N–H and O–H groups in total. The Morgan fingerprint density at radius 2 is 0.855 bits per heavy atom. The number of aromatic hydroxyl groups is 12. The van der Waals surface area contributed by atoms with Crippen molar-refractivity contribution in [1.82, 2.24) is 0 Å². The summed E-state index contributed by atoms with van der Waals surface area (Å²) in [5.41, 5.74) is 0.984. The number of hydrogen-bond donors (Lipinski definition) is 13. The van der Waals surface area contributed by atoms with E-state index in [9.17, 15) is 71.0 Å². The number of phenolic OH excluding ortho intramolecular Hbond substituents is 12. The molecule has 0 saturated heterocycles. The lowest BCUT2D eigenvalue weighted by atomic mass is 10.1. The van der Waals surface area contributed by atoms with Crippen molar-refractivity contribution in [3.63, 3.8) is 0 Å². The van der Waals surface area contributed by atoms with Crippen LogP contribution in [-0.2, 0) is 20.0 Å². The molecule has 0 radical (unpaired) electrons. The number of carbonyl (C=O) groups is 6. The fourth-order valence-corrected chi connectivity index (χ4v) is 7.35. The van der Waals surface area contributed by atoms with Crippen molar-refractivity contribution in [2.45, 2.75) is 30.6 Å². The molecule has 0 fully saturated rings. The van der Waals surface area contributed by atoms with Gasteiger partial charge in [-0.25, -0.2) is 8.42 Å². The number of phenols is 12. The van der Waals surface area contributed by atoms with Crippen molar-refractivity contribution in [2.24, 2.45) is 0 Å². The van der Waals surface area contributed by atoms with Gasteiger partial charge < -0.3 is 61.3 Å². The number of benzene rings is 6. The summed E-state index contributed by atoms with van der Waals surface area (Å²) >= 11 is 8.51. The molecule has 406 valence electrons. The van der Waals surface area contributed by atoms with Crippen LogP contribution in [0.25, 0.3) is 0 Å². The van der Waals surface area contributed by atoms with Gasteiger partial charge in [0.25, 0.3) is 10.1 Å². The number of nitrogens with zero attached hydrogens (tertiary/aromatic N) is 1. The molecule has 0 bridgehead atoms. The highest BCUT2D eigenvalue weighted by Gasteiger charge is 2.23. The Hall–Kier alpha value is -9.03. The van der Waals surface area contributed by atoms with E-state index >= 15 is 0 Å². The fourth-order valence-electron chi connectivity index (χ4n) is 5.33. The molecule has 0 atom stereocenters. The zero-order chi connectivity index (χ0) is 58.9. The summed E-state index contributed by atoms with van der Waals surface area (Å²) in [5, 5.41) is 119. The summed E-state index contributed by atoms with van der Waals surface area (Å²) in [4.78, 5) is 70.0. The average Bonchev–Trinajstić information content (AvgIpc) is 3.36. The molecule has 6 rings (SSSR count). The van der Waals surface area contributed by atoms with Gasteiger partial charge in [0.2, 0.25) is 5.75 Å². The van der Waals surface area contributed by atoms with Crippen molar-refractivity contribution in [3.8, 4) is 69.0 Å². The molecule has 0 aromatic heterocycles. The maximum atomic E-state index is 11.1. The molecule has 0 spiro atoms. The lowest BCUT2D eigenvalue weighted by Crippen LogP contribution is -1.99. The van der Waals surface area contributed by atoms with Crippen LogP contribution >= 0.6 is 27.5 Å². The smallest absolute Gasteiger partial charge is 0.325 e. The Kier molecular flexibility index (Phi) is 23.8. The first-order chi connectivity index (χ1) is 35.1. The third-order valence-corrected chi connectivity index (χ3v) is 12.3. The Bertz CT molecular complexity index is 3280. The van der Waals surface area contributed by atoms with Crippen molar-refractivity contribution in [2.75, 3.05) is 6.26 Å². The molecule has 26 nitrogen and oxygen atoms in total. The summed E-state index contributed by atoms with van der Waals surface area (Å²) in [6.45, 7) is 4.79. The van der Waals surface area contributed by atoms with Crippen molar-refractivity contribution >= 4 is 90.9 Å². The number of nitro groups is 1. The van der Waals surface area contributed by atoms with Gasteiger partial charge in [-0.2, -0.15) is 8.42 Å². The number of hydrogen-bond acceptors (Lipinski definition) is 24. The standard InChI is InChI=1S/C8H7BrO3.C8H7ClO3.C8H8O5S.C8H8O3.C7H5NO5.C7H6O6S/c2*1-4-2-5(3-10)6(9)8(12)7(4)11;1-14(12,13)7-3-5(4-9)2-6(10)8(7)11;1-5-2-6(4-9)3-7(10)8(5)11;9-3-4-1-2-5(10)7(11)6(4)8(12)13;8-3-4-1-5(9)7(10)6(2-4)14(11,12)13/h2*2-3,11-12H,1H3;2-4,10-11H,1H3;2-4,10-11H,1H3;1-3,10-11H;1-3,9-10H,(H,11,12,13). The predicted octanol–water partition coefficient (Wildman–Crippen LogP) is 6.36. The topological polar surface area (TPSA) is 477 Å². The van der Waals surface area contributed by atoms with Gasteiger partial charge in [0.15, 0.2) is 91.9 Å². The van der Waals surface area contributed by atoms with E-state index < -0.39 is 80.6 Å². The third-order valence-electron chi connectivity index (χ3n) is 9.13. The molecule has 0 heterocycles. The first-order valence-corrected chi connectivity index (χ1v) is 24.2. The zero-order valence-corrected chi connectivity index (χ0v) is 42.9. The Morgan fingerprint density at radius 3 is 1.25 bits per heavy atom. The number of halogens is 2. The van der Waals surface area contributed by atoms with E-state index in [0.717, 1.165) is 42.7 Å². The van der Waals surface area contributed by atoms with Gasteiger partial charge >= 0.3 is 5.69 Å². The maximum Gasteiger partial charge on any atom is 0.325 e. The largest absolute Gasteiger partial charge is 0.504 e. The fraction of sp³-hybridized carbons (Fsp3) is 0.0870. The molecular weight excluding hydrogens is 1150 g/mol. The van der Waals surface area contributed by atoms with Gasteiger partial charge in [-0.3, -0.25) is 43.4 Å². The lowest BCUT2D eigenvalue weighted by molar-refractivity contribution is -0.386. The van der Waals surface area contributed by atoms with E-state index in [1.165, 1.54) is 24.3 Å². The summed E-state index contributed by atoms with van der Waals surface area (Å²) in [7, 11) is -8.31. The van der Waals surface area contributed by atoms with E-state index in [-0.39, 0.29) is 73.1 Å². The lowest BCUT2D eigenvalue weighted by Gasteiger charge is -2.05. The molecule has 76 heavy (non-hydrogen) atoms. The molecule has 0 aliphatic rings. The highest BCUT2D eigenvalue weighted by molar-refractivity contribution is 9.10. The maximum absolute atomic E-state index is 11.1. The molecule has 0 aliphatic heterocycles. The van der Waals surface area contributed by atoms with E-state index in [0.29, 0.717) is 53.0 Å². The van der Waals surface area contributed by atoms with E-state index in [2.05, 4.69) is 15.9 Å². The summed E-state index contributed by atoms with van der Waals surface area (Å²) in [6.07, 6.45) is 3.51. The molecule has 0 saturated carbocycles. The normalized spacial score (nSPS) is 10.2. The van der Waals surface area contributed by atoms with Crippen LogP contribution in [-0.4, -0.2) is 132 Å². The highest BCUT2D eigenvalue weighted by atomic mass is 79.9. The molecule has 6 aromatic rings. The molecular formula is C46H41BrClNO25S2. The van der Waals surface area contributed by atoms with Crippen LogP contribution in [0.2, 0.25) is 5.02 Å². The van der Waals surface area contributed by atoms with Gasteiger partial charge in [-0.05, 0) is 114 Å². The van der Waals surface area contributed by atoms with Crippen molar-refractivity contribution < 1.29 is 116 Å². The Balaban J connectivity index is 0.000000457. The van der Waals surface area contributed by atoms with Crippen LogP contribution in [0.3, 0.4) is 0 Å². The number of nitro benzene ring substituents is 1. The number of aryl methyl sites for hydroxylation is 3. The van der Waals surface area contributed by atoms with Gasteiger partial charge in [0, 0.05) is 34.1 Å². The third kappa shape index (κ3) is 17.3. The first-order valence-electron chi connectivity index (χ1n) is 19.7. The van der Waals surface area contributed by atoms with Crippen LogP contribution < -0.4 is 0 Å². The second-order valence-corrected chi connectivity index (χ2v) is 19.2. The van der Waals surface area contributed by atoms with Gasteiger partial charge in [0.1, 0.15) is 28.6 Å². The minimum atomic E-state index is -4.66. The predicted molar refractivity (Wildman–Crippen MR) is 267 cm³/mol. The van der Waals surface area contributed by atoms with E-state index in [1.54, 1.807) is 20.8 Å². The highest BCUT2D eigenvalue weighted by Crippen LogP contribution is 2.40. The average molecular weight is 1190 g/mol. The minimum Gasteiger partial charge on any atom is -0.504 e. The number of rotatable bonds is 9. The number of aldehydes is 6. The molecule has 0 aliphatic carbocycles. The zero-order valence-electron chi connectivity index (χ0n) is 39.0. The molecule has 0 amide bonds. The first kappa shape index (κ1) is 65.0. The van der Waals surface area contributed by atoms with Crippen molar-refractivity contribution in [1.29, 1.82) is 0 Å². The van der Waals surface area contributed by atoms with Crippen LogP contribution in [0.5, 0.6) is 69.0 Å². The summed E-state index contributed by atoms with van der Waals surface area (Å²) in [6, 6.07) is 11.3. The molecule has 0 unspecified atom stereocenters. The number of sulfone groups is 1. The van der Waals surface area contributed by atoms with E-state index in [4.69, 9.17) is 62.1 Å². The second-order valence-electron chi connectivity index (χ2n) is 14.6. The Labute approximate surface area is 441 Å². The summed E-state index contributed by atoms with van der Waals surface area (Å²) in [5.74, 6) is -6.32. The Morgan fingerprint density at radius 1 is 0.474 bits per heavy atom. The van der Waals surface area contributed by atoms with Gasteiger partial charge in [0.05, 0.1) is 20.0 Å². The molecule has 30 heteroatoms. The quantitative estimate of drug-likeness (QED) is 0.0246. The summed E-state index contributed by atoms with van der Waals surface area (Å²) < 4.78 is 52.3. The van der Waals surface area contributed by atoms with Crippen LogP contribution in [0.4, 0.5) is 5.69 Å². The van der Waals surface area contributed by atoms with Crippen LogP contribution in [0.1, 0.15) is 78.8 Å². The molecule has 6 aromatic carbocycles. The van der Waals surface area contributed by atoms with E-state index in [1.807, 2.05) is 0 Å².